The lowest BCUT2D eigenvalue weighted by molar-refractivity contribution is -0.275. The van der Waals surface area contributed by atoms with Crippen LogP contribution in [0.1, 0.15) is 38.2 Å². The second kappa shape index (κ2) is 5.41. The number of ether oxygens (including phenoxy) is 1. The van der Waals surface area contributed by atoms with Crippen molar-refractivity contribution in [1.29, 1.82) is 0 Å². The van der Waals surface area contributed by atoms with Gasteiger partial charge in [0.15, 0.2) is 11.6 Å². The first-order chi connectivity index (χ1) is 10.3. The predicted molar refractivity (Wildman–Crippen MR) is 74.2 cm³/mol. The van der Waals surface area contributed by atoms with Gasteiger partial charge >= 0.3 is 6.36 Å². The first-order valence-corrected chi connectivity index (χ1v) is 7.61. The lowest BCUT2D eigenvalue weighted by Gasteiger charge is -2.29. The molecule has 1 saturated carbocycles. The molecule has 1 heterocycles. The minimum Gasteiger partial charge on any atom is -0.403 e. The molecule has 2 atom stereocenters. The molecule has 122 valence electrons. The maximum absolute atomic E-state index is 13.6. The molecule has 1 aromatic carbocycles. The zero-order chi connectivity index (χ0) is 16.0. The van der Waals surface area contributed by atoms with E-state index in [1.54, 1.807) is 6.07 Å². The molecule has 1 aliphatic carbocycles. The van der Waals surface area contributed by atoms with Gasteiger partial charge in [-0.15, -0.1) is 13.2 Å². The molecule has 2 fully saturated rings. The Kier molecular flexibility index (Phi) is 3.83. The van der Waals surface area contributed by atoms with Gasteiger partial charge in [0.05, 0.1) is 0 Å². The van der Waals surface area contributed by atoms with Crippen LogP contribution in [0.25, 0.3) is 0 Å². The molecule has 1 N–H and O–H groups in total. The van der Waals surface area contributed by atoms with E-state index < -0.39 is 17.9 Å². The number of rotatable bonds is 4. The number of hydrogen-bond donors (Lipinski definition) is 1. The van der Waals surface area contributed by atoms with Gasteiger partial charge in [-0.05, 0) is 61.3 Å². The average molecular weight is 317 g/mol. The highest BCUT2D eigenvalue weighted by Gasteiger charge is 2.51. The number of benzene rings is 1. The Morgan fingerprint density at radius 1 is 1.32 bits per heavy atom. The molecule has 3 rings (SSSR count). The maximum Gasteiger partial charge on any atom is 0.573 e. The summed E-state index contributed by atoms with van der Waals surface area (Å²) in [6, 6.07) is 4.27. The van der Waals surface area contributed by atoms with Gasteiger partial charge in [0.25, 0.3) is 0 Å². The van der Waals surface area contributed by atoms with Crippen molar-refractivity contribution in [2.45, 2.75) is 50.4 Å². The third kappa shape index (κ3) is 2.93. The molecule has 2 nitrogen and oxygen atoms in total. The smallest absolute Gasteiger partial charge is 0.403 e. The fourth-order valence-corrected chi connectivity index (χ4v) is 3.68. The standard InChI is InChI=1S/C16H19F4NO/c1-10(13-3-2-8-21-13)15(6-7-15)11-4-5-12(17)14(9-11)22-16(18,19)20/h4-5,9-10,13,21H,2-3,6-8H2,1H3/t10?,13-/m0/s1. The second-order valence-electron chi connectivity index (χ2n) is 6.34. The van der Waals surface area contributed by atoms with Gasteiger partial charge in [-0.1, -0.05) is 13.0 Å². The Morgan fingerprint density at radius 3 is 2.59 bits per heavy atom. The summed E-state index contributed by atoms with van der Waals surface area (Å²) in [5.41, 5.74) is 0.591. The summed E-state index contributed by atoms with van der Waals surface area (Å²) in [6.07, 6.45) is -0.839. The minimum absolute atomic E-state index is 0.153. The van der Waals surface area contributed by atoms with E-state index in [4.69, 9.17) is 0 Å². The van der Waals surface area contributed by atoms with Crippen LogP contribution in [0, 0.1) is 11.7 Å². The highest BCUT2D eigenvalue weighted by Crippen LogP contribution is 2.56. The first-order valence-electron chi connectivity index (χ1n) is 7.61. The SMILES string of the molecule is CC([C@@H]1CCCN1)C1(c2ccc(F)c(OC(F)(F)F)c2)CC1. The Hall–Kier alpha value is -1.30. The van der Waals surface area contributed by atoms with E-state index in [1.165, 1.54) is 6.07 Å². The molecule has 0 spiro atoms. The third-order valence-electron chi connectivity index (χ3n) is 5.09. The predicted octanol–water partition coefficient (Wildman–Crippen LogP) is 4.14. The Bertz CT molecular complexity index is 548. The molecule has 1 saturated heterocycles. The summed E-state index contributed by atoms with van der Waals surface area (Å²) in [6.45, 7) is 3.11. The van der Waals surface area contributed by atoms with Crippen LogP contribution in [0.15, 0.2) is 18.2 Å². The maximum atomic E-state index is 13.6. The van der Waals surface area contributed by atoms with Crippen molar-refractivity contribution in [3.05, 3.63) is 29.6 Å². The van der Waals surface area contributed by atoms with Gasteiger partial charge in [0, 0.05) is 6.04 Å². The molecular weight excluding hydrogens is 298 g/mol. The molecule has 6 heteroatoms. The summed E-state index contributed by atoms with van der Waals surface area (Å²) in [5, 5.41) is 3.45. The fraction of sp³-hybridized carbons (Fsp3) is 0.625. The van der Waals surface area contributed by atoms with Crippen LogP contribution in [0.4, 0.5) is 17.6 Å². The van der Waals surface area contributed by atoms with E-state index in [-0.39, 0.29) is 5.41 Å². The van der Waals surface area contributed by atoms with Crippen LogP contribution in [0.3, 0.4) is 0 Å². The van der Waals surface area contributed by atoms with Crippen molar-refractivity contribution in [1.82, 2.24) is 5.32 Å². The van der Waals surface area contributed by atoms with Crippen molar-refractivity contribution in [3.8, 4) is 5.75 Å². The molecule has 1 aliphatic heterocycles. The molecule has 0 amide bonds. The summed E-state index contributed by atoms with van der Waals surface area (Å²) in [7, 11) is 0. The van der Waals surface area contributed by atoms with E-state index in [2.05, 4.69) is 17.0 Å². The van der Waals surface area contributed by atoms with Crippen molar-refractivity contribution >= 4 is 0 Å². The van der Waals surface area contributed by atoms with Crippen molar-refractivity contribution in [3.63, 3.8) is 0 Å². The quantitative estimate of drug-likeness (QED) is 0.843. The van der Waals surface area contributed by atoms with E-state index >= 15 is 0 Å². The Balaban J connectivity index is 1.86. The molecular formula is C16H19F4NO. The van der Waals surface area contributed by atoms with Gasteiger partial charge in [0.2, 0.25) is 0 Å². The summed E-state index contributed by atoms with van der Waals surface area (Å²) in [5.74, 6) is -1.41. The normalized spacial score (nSPS) is 25.0. The summed E-state index contributed by atoms with van der Waals surface area (Å²) >= 11 is 0. The van der Waals surface area contributed by atoms with Gasteiger partial charge in [-0.25, -0.2) is 4.39 Å². The van der Waals surface area contributed by atoms with Crippen LogP contribution in [0.2, 0.25) is 0 Å². The topological polar surface area (TPSA) is 21.3 Å². The van der Waals surface area contributed by atoms with E-state index in [0.717, 1.165) is 43.9 Å². The van der Waals surface area contributed by atoms with Crippen molar-refractivity contribution < 1.29 is 22.3 Å². The number of hydrogen-bond acceptors (Lipinski definition) is 2. The van der Waals surface area contributed by atoms with Gasteiger partial charge < -0.3 is 10.1 Å². The largest absolute Gasteiger partial charge is 0.573 e. The van der Waals surface area contributed by atoms with E-state index in [9.17, 15) is 17.6 Å². The van der Waals surface area contributed by atoms with Crippen LogP contribution in [0.5, 0.6) is 5.75 Å². The summed E-state index contributed by atoms with van der Waals surface area (Å²) in [4.78, 5) is 0. The first kappa shape index (κ1) is 15.6. The summed E-state index contributed by atoms with van der Waals surface area (Å²) < 4.78 is 54.5. The lowest BCUT2D eigenvalue weighted by atomic mass is 9.79. The molecule has 0 radical (unpaired) electrons. The fourth-order valence-electron chi connectivity index (χ4n) is 3.68. The third-order valence-corrected chi connectivity index (χ3v) is 5.09. The van der Waals surface area contributed by atoms with Crippen molar-refractivity contribution in [2.75, 3.05) is 6.54 Å². The molecule has 2 aliphatic rings. The second-order valence-corrected chi connectivity index (χ2v) is 6.34. The molecule has 0 bridgehead atoms. The minimum atomic E-state index is -4.88. The number of halogens is 4. The molecule has 1 aromatic rings. The Labute approximate surface area is 126 Å². The van der Waals surface area contributed by atoms with Crippen LogP contribution in [-0.4, -0.2) is 18.9 Å². The monoisotopic (exact) mass is 317 g/mol. The molecule has 0 aromatic heterocycles. The molecule has 22 heavy (non-hydrogen) atoms. The van der Waals surface area contributed by atoms with E-state index in [1.807, 2.05) is 0 Å². The zero-order valence-corrected chi connectivity index (χ0v) is 12.3. The van der Waals surface area contributed by atoms with Gasteiger partial charge in [-0.2, -0.15) is 0 Å². The lowest BCUT2D eigenvalue weighted by Crippen LogP contribution is -2.36. The van der Waals surface area contributed by atoms with Crippen LogP contribution >= 0.6 is 0 Å². The highest BCUT2D eigenvalue weighted by molar-refractivity contribution is 5.39. The van der Waals surface area contributed by atoms with Gasteiger partial charge in [0.1, 0.15) is 0 Å². The number of nitrogens with one attached hydrogen (secondary N) is 1. The zero-order valence-electron chi connectivity index (χ0n) is 12.3. The Morgan fingerprint density at radius 2 is 2.05 bits per heavy atom. The van der Waals surface area contributed by atoms with Crippen LogP contribution in [-0.2, 0) is 5.41 Å². The van der Waals surface area contributed by atoms with Crippen molar-refractivity contribution in [2.24, 2.45) is 5.92 Å². The van der Waals surface area contributed by atoms with Crippen LogP contribution < -0.4 is 10.1 Å². The van der Waals surface area contributed by atoms with E-state index in [0.29, 0.717) is 12.0 Å². The average Bonchev–Trinajstić information content (AvgIpc) is 3.06. The highest BCUT2D eigenvalue weighted by atomic mass is 19.4. The van der Waals surface area contributed by atoms with Gasteiger partial charge in [-0.3, -0.25) is 0 Å². The molecule has 1 unspecified atom stereocenters. The number of alkyl halides is 3.